The second-order valence-corrected chi connectivity index (χ2v) is 5.40. The molecule has 1 aliphatic rings. The summed E-state index contributed by atoms with van der Waals surface area (Å²) in [5.74, 6) is 0.0425. The van der Waals surface area contributed by atoms with Gasteiger partial charge < -0.3 is 21.1 Å². The van der Waals surface area contributed by atoms with Crippen molar-refractivity contribution >= 4 is 11.8 Å². The van der Waals surface area contributed by atoms with Crippen molar-refractivity contribution < 1.29 is 14.3 Å². The summed E-state index contributed by atoms with van der Waals surface area (Å²) in [5, 5.41) is 0. The van der Waals surface area contributed by atoms with Gasteiger partial charge in [0, 0.05) is 12.6 Å². The summed E-state index contributed by atoms with van der Waals surface area (Å²) < 4.78 is 5.32. The lowest BCUT2D eigenvalue weighted by Gasteiger charge is -2.22. The average Bonchev–Trinajstić information content (AvgIpc) is 2.86. The lowest BCUT2D eigenvalue weighted by Crippen LogP contribution is -2.34. The van der Waals surface area contributed by atoms with Gasteiger partial charge in [-0.2, -0.15) is 0 Å². The molecule has 2 atom stereocenters. The molecule has 1 heterocycles. The number of hydrogen-bond acceptors (Lipinski definition) is 4. The van der Waals surface area contributed by atoms with Crippen LogP contribution in [0.25, 0.3) is 0 Å². The number of amides is 2. The molecule has 0 saturated carbocycles. The minimum atomic E-state index is -0.574. The molecular weight excluding hydrogens is 270 g/mol. The van der Waals surface area contributed by atoms with Crippen LogP contribution in [0.15, 0.2) is 24.3 Å². The summed E-state index contributed by atoms with van der Waals surface area (Å²) in [6, 6.07) is 7.03. The quantitative estimate of drug-likeness (QED) is 0.818. The Labute approximate surface area is 124 Å². The molecule has 0 aromatic heterocycles. The van der Waals surface area contributed by atoms with Crippen LogP contribution in [0.4, 0.5) is 0 Å². The monoisotopic (exact) mass is 291 g/mol. The Bertz CT molecular complexity index is 533. The van der Waals surface area contributed by atoms with Crippen LogP contribution in [0.2, 0.25) is 0 Å². The fourth-order valence-electron chi connectivity index (χ4n) is 2.67. The molecule has 2 amide bonds. The SMILES string of the molecule is CC1CC(CN)CN1C(=O)c1ccccc1OCC(N)=O. The Morgan fingerprint density at radius 1 is 1.38 bits per heavy atom. The average molecular weight is 291 g/mol. The number of carbonyl (C=O) groups excluding carboxylic acids is 2. The van der Waals surface area contributed by atoms with E-state index in [9.17, 15) is 9.59 Å². The van der Waals surface area contributed by atoms with Gasteiger partial charge in [0.25, 0.3) is 11.8 Å². The first-order chi connectivity index (χ1) is 10.0. The van der Waals surface area contributed by atoms with Gasteiger partial charge in [-0.3, -0.25) is 9.59 Å². The third kappa shape index (κ3) is 3.52. The van der Waals surface area contributed by atoms with Crippen molar-refractivity contribution in [3.63, 3.8) is 0 Å². The number of rotatable bonds is 5. The van der Waals surface area contributed by atoms with Crippen LogP contribution in [0.3, 0.4) is 0 Å². The molecule has 1 aromatic rings. The maximum atomic E-state index is 12.7. The highest BCUT2D eigenvalue weighted by molar-refractivity contribution is 5.97. The maximum absolute atomic E-state index is 12.7. The van der Waals surface area contributed by atoms with Crippen LogP contribution in [-0.4, -0.2) is 42.5 Å². The van der Waals surface area contributed by atoms with Gasteiger partial charge in [0.1, 0.15) is 5.75 Å². The smallest absolute Gasteiger partial charge is 0.257 e. The zero-order valence-corrected chi connectivity index (χ0v) is 12.1. The van der Waals surface area contributed by atoms with E-state index in [2.05, 4.69) is 0 Å². The Morgan fingerprint density at radius 2 is 2.10 bits per heavy atom. The van der Waals surface area contributed by atoms with Gasteiger partial charge in [-0.25, -0.2) is 0 Å². The van der Waals surface area contributed by atoms with E-state index in [4.69, 9.17) is 16.2 Å². The summed E-state index contributed by atoms with van der Waals surface area (Å²) in [7, 11) is 0. The van der Waals surface area contributed by atoms with Crippen LogP contribution in [0, 0.1) is 5.92 Å². The van der Waals surface area contributed by atoms with Gasteiger partial charge >= 0.3 is 0 Å². The highest BCUT2D eigenvalue weighted by atomic mass is 16.5. The molecule has 1 aromatic carbocycles. The first-order valence-corrected chi connectivity index (χ1v) is 7.04. The molecule has 4 N–H and O–H groups in total. The van der Waals surface area contributed by atoms with Gasteiger partial charge in [0.15, 0.2) is 6.61 Å². The Balaban J connectivity index is 2.17. The van der Waals surface area contributed by atoms with E-state index < -0.39 is 5.91 Å². The summed E-state index contributed by atoms with van der Waals surface area (Å²) in [5.41, 5.74) is 11.2. The van der Waals surface area contributed by atoms with Crippen molar-refractivity contribution in [3.8, 4) is 5.75 Å². The Morgan fingerprint density at radius 3 is 2.71 bits per heavy atom. The number of hydrogen-bond donors (Lipinski definition) is 2. The second-order valence-electron chi connectivity index (χ2n) is 5.40. The molecule has 1 fully saturated rings. The highest BCUT2D eigenvalue weighted by Crippen LogP contribution is 2.27. The normalized spacial score (nSPS) is 21.3. The molecular formula is C15H21N3O3. The third-order valence-corrected chi connectivity index (χ3v) is 3.74. The van der Waals surface area contributed by atoms with Crippen molar-refractivity contribution in [1.82, 2.24) is 4.90 Å². The third-order valence-electron chi connectivity index (χ3n) is 3.74. The zero-order chi connectivity index (χ0) is 15.4. The van der Waals surface area contributed by atoms with Gasteiger partial charge in [-0.15, -0.1) is 0 Å². The Hall–Kier alpha value is -2.08. The predicted molar refractivity (Wildman–Crippen MR) is 78.8 cm³/mol. The molecule has 0 radical (unpaired) electrons. The number of para-hydroxylation sites is 1. The molecule has 2 unspecified atom stereocenters. The van der Waals surface area contributed by atoms with Crippen LogP contribution in [0.5, 0.6) is 5.75 Å². The molecule has 1 saturated heterocycles. The standard InChI is InChI=1S/C15H21N3O3/c1-10-6-11(7-16)8-18(10)15(20)12-4-2-3-5-13(12)21-9-14(17)19/h2-5,10-11H,6-9,16H2,1H3,(H2,17,19). The van der Waals surface area contributed by atoms with Crippen molar-refractivity contribution in [1.29, 1.82) is 0 Å². The van der Waals surface area contributed by atoms with Gasteiger partial charge in [-0.05, 0) is 37.9 Å². The zero-order valence-electron chi connectivity index (χ0n) is 12.1. The van der Waals surface area contributed by atoms with E-state index in [0.29, 0.717) is 30.3 Å². The molecule has 6 nitrogen and oxygen atoms in total. The lowest BCUT2D eigenvalue weighted by atomic mass is 10.1. The van der Waals surface area contributed by atoms with Crippen molar-refractivity contribution in [2.75, 3.05) is 19.7 Å². The first-order valence-electron chi connectivity index (χ1n) is 7.04. The molecule has 21 heavy (non-hydrogen) atoms. The van der Waals surface area contributed by atoms with Gasteiger partial charge in [0.05, 0.1) is 5.56 Å². The van der Waals surface area contributed by atoms with Crippen molar-refractivity contribution in [2.45, 2.75) is 19.4 Å². The number of likely N-dealkylation sites (tertiary alicyclic amines) is 1. The summed E-state index contributed by atoms with van der Waals surface area (Å²) in [6.45, 7) is 3.00. The molecule has 0 spiro atoms. The molecule has 0 aliphatic carbocycles. The highest BCUT2D eigenvalue weighted by Gasteiger charge is 2.33. The van der Waals surface area contributed by atoms with Crippen molar-refractivity contribution in [2.24, 2.45) is 17.4 Å². The van der Waals surface area contributed by atoms with Crippen LogP contribution >= 0.6 is 0 Å². The molecule has 2 rings (SSSR count). The number of benzene rings is 1. The molecule has 0 bridgehead atoms. The number of nitrogens with two attached hydrogens (primary N) is 2. The number of ether oxygens (including phenoxy) is 1. The van der Waals surface area contributed by atoms with Crippen molar-refractivity contribution in [3.05, 3.63) is 29.8 Å². The van der Waals surface area contributed by atoms with Crippen LogP contribution in [-0.2, 0) is 4.79 Å². The number of nitrogens with zero attached hydrogens (tertiary/aromatic N) is 1. The second kappa shape index (κ2) is 6.58. The van der Waals surface area contributed by atoms with Crippen LogP contribution < -0.4 is 16.2 Å². The lowest BCUT2D eigenvalue weighted by molar-refractivity contribution is -0.119. The maximum Gasteiger partial charge on any atom is 0.257 e. The van der Waals surface area contributed by atoms with Gasteiger partial charge in [-0.1, -0.05) is 12.1 Å². The largest absolute Gasteiger partial charge is 0.483 e. The van der Waals surface area contributed by atoms with E-state index in [-0.39, 0.29) is 18.6 Å². The fourth-order valence-corrected chi connectivity index (χ4v) is 2.67. The van der Waals surface area contributed by atoms with E-state index in [1.165, 1.54) is 0 Å². The molecule has 114 valence electrons. The molecule has 6 heteroatoms. The summed E-state index contributed by atoms with van der Waals surface area (Å²) >= 11 is 0. The fraction of sp³-hybridized carbons (Fsp3) is 0.467. The summed E-state index contributed by atoms with van der Waals surface area (Å²) in [6.07, 6.45) is 0.909. The van der Waals surface area contributed by atoms with E-state index in [0.717, 1.165) is 6.42 Å². The minimum Gasteiger partial charge on any atom is -0.483 e. The summed E-state index contributed by atoms with van der Waals surface area (Å²) in [4.78, 5) is 25.3. The Kier molecular flexibility index (Phi) is 4.80. The first kappa shape index (κ1) is 15.3. The topological polar surface area (TPSA) is 98.7 Å². The molecule has 1 aliphatic heterocycles. The van der Waals surface area contributed by atoms with E-state index in [1.54, 1.807) is 24.3 Å². The van der Waals surface area contributed by atoms with Crippen LogP contribution in [0.1, 0.15) is 23.7 Å². The number of carbonyl (C=O) groups is 2. The van der Waals surface area contributed by atoms with E-state index in [1.807, 2.05) is 11.8 Å². The number of primary amides is 1. The van der Waals surface area contributed by atoms with Gasteiger partial charge in [0.2, 0.25) is 0 Å². The minimum absolute atomic E-state index is 0.0986. The predicted octanol–water partition coefficient (Wildman–Crippen LogP) is 0.360. The van der Waals surface area contributed by atoms with E-state index >= 15 is 0 Å².